The zero-order valence-electron chi connectivity index (χ0n) is 77.6. The summed E-state index contributed by atoms with van der Waals surface area (Å²) in [6, 6.07) is 0. The minimum atomic E-state index is -1.47. The third kappa shape index (κ3) is 20.8. The average Bonchev–Trinajstić information content (AvgIpc) is 1.51. The predicted molar refractivity (Wildman–Crippen MR) is 459 cm³/mol. The predicted octanol–water partition coefficient (Wildman–Crippen LogP) is 13.0. The van der Waals surface area contributed by atoms with Crippen LogP contribution in [0.1, 0.15) is 281 Å². The maximum Gasteiger partial charge on any atom is 0.407 e. The Bertz CT molecular complexity index is 3530. The Labute approximate surface area is 728 Å². The molecule has 4 spiro atoms. The molecular weight excluding hydrogens is 1560 g/mol. The van der Waals surface area contributed by atoms with E-state index in [-0.39, 0.29) is 84.2 Å². The standard InChI is InChI=1S/C96H154N4O22/c1-23-67(71-37-35-55(9)81(113-71)63(17)77(101)61(15)79(103)69(25-3)83-57(11)53-59(13)93(117-83)45-41-75(115-87(107)97-29-7)95(121-93)49-47-89(21,119-95)73-39-43-91(109,27-5)65(19)111-73)85(105)99-51-33-31-32-34-52-100-86(106)68(24-2)72-38-36-56(10)82(114-72)64(18)78(102)62(16)80(104)70(26-4)84-58(12)54-60(14)94(118-84)46-42-76(116-88(108)98-30-8)96(122-94)50-48-90(22,120-96)74-40-44-92(110,28-6)66(20)112-74/h41-42,45-46,55-78,81-84,101-102,109-110H,23-30,35-40,43-44,47-54H2,1-22H3,(H,97,107)(H,98,108)(H,99,105)(H,100,106)/t55-,56-,57-,58-,59+,60+,61-,62-,63-,64-,65-,66-,67+,68+,69-,70-,71+,72+,73+,74+,75+,76+,77+,78+,81+,82+,83-,84-,89-,90-,91+,92+,93-,94-,95-,96-/m0/s1. The lowest BCUT2D eigenvalue weighted by molar-refractivity contribution is -0.408. The van der Waals surface area contributed by atoms with Gasteiger partial charge in [-0.3, -0.25) is 19.2 Å². The number of amides is 4. The molecule has 8 N–H and O–H groups in total. The van der Waals surface area contributed by atoms with Crippen LogP contribution in [0.3, 0.4) is 0 Å². The highest BCUT2D eigenvalue weighted by Crippen LogP contribution is 2.58. The Morgan fingerprint density at radius 1 is 0.451 bits per heavy atom. The Morgan fingerprint density at radius 3 is 1.14 bits per heavy atom. The molecule has 26 nitrogen and oxygen atoms in total. The van der Waals surface area contributed by atoms with E-state index < -0.39 is 178 Å². The molecule has 10 heterocycles. The first kappa shape index (κ1) is 99.0. The molecule has 0 aromatic carbocycles. The molecule has 8 saturated heterocycles. The smallest absolute Gasteiger partial charge is 0.407 e. The molecule has 0 aliphatic carbocycles. The third-order valence-electron chi connectivity index (χ3n) is 30.9. The molecule has 26 heteroatoms. The van der Waals surface area contributed by atoms with Crippen LogP contribution in [-0.2, 0) is 76.0 Å². The average molecular weight is 1720 g/mol. The van der Waals surface area contributed by atoms with E-state index in [1.54, 1.807) is 26.0 Å². The maximum absolute atomic E-state index is 15.1. The molecule has 0 aromatic heterocycles. The number of rotatable bonds is 30. The SMILES string of the molecule is CCNC(=O)O[C@@H]1C=C[C@]2(O[C@H]([C@@H](CC)C(=O)[C@@H](C)[C@@H](O)[C@H](C)[C@@H]3O[C@@H]([C@@H](CC)C(=O)NCC#CC#CCNC(=O)[C@H](CC)[C@H]4CC[C@H](C)[C@H]([C@@H](C)[C@H](O)[C@H](C)C(=O)[C@H](CC)[C@H]5O[C@]6(C=C[C@@H](OC(=O)NCC)[C@]7(CC[C@@](C)([C@H]8CC[C@](O)(CC)[C@H](C)O8)O7)O6)[C@H](C)C[C@@H]5C)O4)CC[C@@H]3C)[C@@H](C)C[C@H]2C)O[C@@]12CC[C@@](C)([C@H]1CC[C@](O)(CC)[C@H](C)O1)O2. The van der Waals surface area contributed by atoms with Gasteiger partial charge in [-0.2, -0.15) is 0 Å². The van der Waals surface area contributed by atoms with Crippen molar-refractivity contribution in [3.8, 4) is 23.7 Å². The van der Waals surface area contributed by atoms with Gasteiger partial charge in [0.1, 0.15) is 11.6 Å². The molecule has 0 saturated carbocycles. The van der Waals surface area contributed by atoms with Crippen LogP contribution in [-0.4, -0.2) is 213 Å². The van der Waals surface area contributed by atoms with Crippen molar-refractivity contribution >= 4 is 35.6 Å². The van der Waals surface area contributed by atoms with Gasteiger partial charge in [-0.05, 0) is 217 Å². The maximum atomic E-state index is 15.1. The van der Waals surface area contributed by atoms with Crippen LogP contribution in [0, 0.1) is 107 Å². The molecule has 0 bridgehead atoms. The summed E-state index contributed by atoms with van der Waals surface area (Å²) in [5, 5.41) is 58.7. The summed E-state index contributed by atoms with van der Waals surface area (Å²) in [5.74, 6) is -0.302. The molecule has 10 aliphatic rings. The molecule has 8 fully saturated rings. The zero-order valence-corrected chi connectivity index (χ0v) is 77.6. The quantitative estimate of drug-likeness (QED) is 0.0245. The van der Waals surface area contributed by atoms with Gasteiger partial charge in [0, 0.05) is 73.3 Å². The Kier molecular flexibility index (Phi) is 33.4. The van der Waals surface area contributed by atoms with Crippen LogP contribution in [0.25, 0.3) is 0 Å². The highest BCUT2D eigenvalue weighted by molar-refractivity contribution is 5.85. The van der Waals surface area contributed by atoms with Crippen molar-refractivity contribution < 1.29 is 106 Å². The summed E-state index contributed by atoms with van der Waals surface area (Å²) < 4.78 is 82.1. The van der Waals surface area contributed by atoms with Gasteiger partial charge in [-0.1, -0.05) is 123 Å². The fraction of sp³-hybridized carbons (Fsp3) is 0.854. The number of alkyl carbamates (subject to hydrolysis) is 2. The number of hydrogen-bond donors (Lipinski definition) is 8. The molecule has 4 amide bonds. The largest absolute Gasteiger partial charge is 0.436 e. The fourth-order valence-corrected chi connectivity index (χ4v) is 22.6. The van der Waals surface area contributed by atoms with Crippen molar-refractivity contribution in [1.82, 2.24) is 21.3 Å². The lowest BCUT2D eigenvalue weighted by Crippen LogP contribution is -2.63. The summed E-state index contributed by atoms with van der Waals surface area (Å²) >= 11 is 0. The van der Waals surface area contributed by atoms with Crippen LogP contribution in [0.4, 0.5) is 9.59 Å². The molecule has 0 aromatic rings. The number of nitrogens with one attached hydrogen (secondary N) is 4. The van der Waals surface area contributed by atoms with Gasteiger partial charge in [-0.25, -0.2) is 9.59 Å². The molecule has 0 radical (unpaired) electrons. The highest BCUT2D eigenvalue weighted by atomic mass is 16.8. The second-order valence-electron chi connectivity index (χ2n) is 39.0. The van der Waals surface area contributed by atoms with E-state index in [2.05, 4.69) is 86.5 Å². The number of ketones is 2. The number of carbonyl (C=O) groups excluding carboxylic acids is 6. The lowest BCUT2D eigenvalue weighted by Gasteiger charge is -2.54. The number of aliphatic hydroxyl groups excluding tert-OH is 2. The summed E-state index contributed by atoms with van der Waals surface area (Å²) in [6.45, 7) is 43.8. The fourth-order valence-electron chi connectivity index (χ4n) is 22.6. The monoisotopic (exact) mass is 1720 g/mol. The summed E-state index contributed by atoms with van der Waals surface area (Å²) in [5.41, 5.74) is -3.64. The van der Waals surface area contributed by atoms with Gasteiger partial charge < -0.3 is 98.5 Å². The molecule has 36 atom stereocenters. The number of carbonyl (C=O) groups is 6. The Hall–Kier alpha value is -5.14. The van der Waals surface area contributed by atoms with E-state index in [9.17, 15) is 39.6 Å². The zero-order chi connectivity index (χ0) is 89.6. The van der Waals surface area contributed by atoms with Gasteiger partial charge in [-0.15, -0.1) is 0 Å². The van der Waals surface area contributed by atoms with Crippen LogP contribution in [0.5, 0.6) is 0 Å². The topological polar surface area (TPSA) is 342 Å². The first-order chi connectivity index (χ1) is 57.6. The van der Waals surface area contributed by atoms with Gasteiger partial charge in [0.2, 0.25) is 23.4 Å². The van der Waals surface area contributed by atoms with Gasteiger partial charge in [0.05, 0.1) is 121 Å². The van der Waals surface area contributed by atoms with Crippen LogP contribution in [0.15, 0.2) is 24.3 Å². The van der Waals surface area contributed by atoms with Crippen molar-refractivity contribution in [2.24, 2.45) is 82.9 Å². The molecular formula is C96H154N4O22. The number of Topliss-reactive ketones (excluding diaryl/α,β-unsaturated/α-hetero) is 2. The molecule has 10 rings (SSSR count). The molecule has 122 heavy (non-hydrogen) atoms. The van der Waals surface area contributed by atoms with Gasteiger partial charge in [0.15, 0.2) is 23.8 Å². The number of hydrogen-bond acceptors (Lipinski definition) is 22. The Balaban J connectivity index is 0.697. The molecule has 690 valence electrons. The number of ether oxygens (including phenoxy) is 12. The highest BCUT2D eigenvalue weighted by Gasteiger charge is 2.67. The summed E-state index contributed by atoms with van der Waals surface area (Å²) in [4.78, 5) is 84.5. The minimum Gasteiger partial charge on any atom is -0.436 e. The Morgan fingerprint density at radius 2 is 0.811 bits per heavy atom. The van der Waals surface area contributed by atoms with Crippen molar-refractivity contribution in [2.45, 2.75) is 412 Å². The van der Waals surface area contributed by atoms with Crippen LogP contribution >= 0.6 is 0 Å². The van der Waals surface area contributed by atoms with Crippen molar-refractivity contribution in [3.05, 3.63) is 24.3 Å². The minimum absolute atomic E-state index is 0.0221. The second kappa shape index (κ2) is 41.1. The summed E-state index contributed by atoms with van der Waals surface area (Å²) in [7, 11) is 0. The van der Waals surface area contributed by atoms with E-state index in [0.717, 1.165) is 12.8 Å². The lowest BCUT2D eigenvalue weighted by atomic mass is 9.72. The van der Waals surface area contributed by atoms with Crippen LogP contribution < -0.4 is 21.3 Å². The summed E-state index contributed by atoms with van der Waals surface area (Å²) in [6.07, 6.45) is 8.20. The van der Waals surface area contributed by atoms with Gasteiger partial charge >= 0.3 is 12.2 Å². The second-order valence-corrected chi connectivity index (χ2v) is 39.0. The van der Waals surface area contributed by atoms with Crippen molar-refractivity contribution in [2.75, 3.05) is 26.2 Å². The van der Waals surface area contributed by atoms with Gasteiger partial charge in [0.25, 0.3) is 0 Å². The third-order valence-corrected chi connectivity index (χ3v) is 30.9. The van der Waals surface area contributed by atoms with E-state index in [1.807, 2.05) is 109 Å². The van der Waals surface area contributed by atoms with E-state index >= 15 is 9.59 Å². The first-order valence-electron chi connectivity index (χ1n) is 47.1. The van der Waals surface area contributed by atoms with Crippen LogP contribution in [0.2, 0.25) is 0 Å². The van der Waals surface area contributed by atoms with Crippen molar-refractivity contribution in [1.29, 1.82) is 0 Å². The normalized spacial score (nSPS) is 41.3. The molecule has 10 aliphatic heterocycles. The first-order valence-corrected chi connectivity index (χ1v) is 47.1. The van der Waals surface area contributed by atoms with E-state index in [0.29, 0.717) is 129 Å². The number of aliphatic hydroxyl groups is 4. The van der Waals surface area contributed by atoms with Crippen molar-refractivity contribution in [3.63, 3.8) is 0 Å². The van der Waals surface area contributed by atoms with E-state index in [1.165, 1.54) is 0 Å². The molecule has 0 unspecified atom stereocenters. The van der Waals surface area contributed by atoms with E-state index in [4.69, 9.17) is 56.8 Å².